The molecular formula is C32H30ClNO2. The maximum atomic E-state index is 14.0. The number of ketones is 2. The summed E-state index contributed by atoms with van der Waals surface area (Å²) in [6.45, 7) is 6.33. The van der Waals surface area contributed by atoms with E-state index in [1.165, 1.54) is 5.56 Å². The number of halogens is 1. The van der Waals surface area contributed by atoms with Gasteiger partial charge in [0.25, 0.3) is 0 Å². The van der Waals surface area contributed by atoms with Crippen molar-refractivity contribution in [1.82, 2.24) is 0 Å². The molecule has 1 heterocycles. The highest BCUT2D eigenvalue weighted by Gasteiger charge is 2.39. The van der Waals surface area contributed by atoms with E-state index in [4.69, 9.17) is 11.6 Å². The lowest BCUT2D eigenvalue weighted by molar-refractivity contribution is -0.116. The molecule has 0 amide bonds. The first-order valence-electron chi connectivity index (χ1n) is 12.6. The molecule has 0 radical (unpaired) electrons. The van der Waals surface area contributed by atoms with Crippen molar-refractivity contribution in [1.29, 1.82) is 0 Å². The van der Waals surface area contributed by atoms with E-state index in [0.29, 0.717) is 28.5 Å². The van der Waals surface area contributed by atoms with Crippen molar-refractivity contribution in [2.45, 2.75) is 51.9 Å². The molecular weight excluding hydrogens is 466 g/mol. The molecule has 1 unspecified atom stereocenters. The SMILES string of the molecule is Cc1ccc(C(=O)C2=CN(c3ccc(Cl)cc3)C3=C(C(=O)CCC3)C2c2ccc(C(C)C)cc2)cc1. The van der Waals surface area contributed by atoms with E-state index in [2.05, 4.69) is 38.1 Å². The van der Waals surface area contributed by atoms with Crippen LogP contribution in [0.15, 0.2) is 95.8 Å². The molecule has 0 aromatic heterocycles. The molecule has 1 aliphatic heterocycles. The van der Waals surface area contributed by atoms with Gasteiger partial charge in [0, 0.05) is 51.7 Å². The van der Waals surface area contributed by atoms with Crippen LogP contribution in [-0.4, -0.2) is 11.6 Å². The first-order chi connectivity index (χ1) is 17.3. The van der Waals surface area contributed by atoms with Gasteiger partial charge in [-0.1, -0.05) is 79.5 Å². The highest BCUT2D eigenvalue weighted by Crippen LogP contribution is 2.46. The molecule has 2 aliphatic rings. The first kappa shape index (κ1) is 24.3. The third-order valence-corrected chi connectivity index (χ3v) is 7.46. The van der Waals surface area contributed by atoms with Crippen LogP contribution in [0.2, 0.25) is 5.02 Å². The number of aryl methyl sites for hydroxylation is 1. The van der Waals surface area contributed by atoms with Gasteiger partial charge in [-0.25, -0.2) is 0 Å². The van der Waals surface area contributed by atoms with Gasteiger partial charge >= 0.3 is 0 Å². The average molecular weight is 496 g/mol. The predicted octanol–water partition coefficient (Wildman–Crippen LogP) is 8.15. The monoisotopic (exact) mass is 495 g/mol. The number of Topliss-reactive ketones (excluding diaryl/α,β-unsaturated/α-hetero) is 2. The number of anilines is 1. The minimum absolute atomic E-state index is 0.0585. The number of allylic oxidation sites excluding steroid dienone is 3. The smallest absolute Gasteiger partial charge is 0.191 e. The number of carbonyl (C=O) groups is 2. The van der Waals surface area contributed by atoms with E-state index in [1.807, 2.05) is 66.6 Å². The third-order valence-electron chi connectivity index (χ3n) is 7.20. The maximum Gasteiger partial charge on any atom is 0.191 e. The minimum atomic E-state index is -0.397. The van der Waals surface area contributed by atoms with Gasteiger partial charge in [-0.15, -0.1) is 0 Å². The largest absolute Gasteiger partial charge is 0.320 e. The zero-order valence-corrected chi connectivity index (χ0v) is 21.7. The molecule has 3 aromatic carbocycles. The van der Waals surface area contributed by atoms with Gasteiger partial charge < -0.3 is 4.90 Å². The van der Waals surface area contributed by atoms with Crippen molar-refractivity contribution in [3.63, 3.8) is 0 Å². The molecule has 3 nitrogen and oxygen atoms in total. The lowest BCUT2D eigenvalue weighted by Gasteiger charge is -2.38. The van der Waals surface area contributed by atoms with E-state index >= 15 is 0 Å². The molecule has 0 fully saturated rings. The molecule has 0 spiro atoms. The topological polar surface area (TPSA) is 37.4 Å². The highest BCUT2D eigenvalue weighted by atomic mass is 35.5. The molecule has 1 atom stereocenters. The second-order valence-electron chi connectivity index (χ2n) is 10.0. The number of hydrogen-bond donors (Lipinski definition) is 0. The molecule has 0 saturated carbocycles. The zero-order valence-electron chi connectivity index (χ0n) is 20.9. The van der Waals surface area contributed by atoms with Crippen molar-refractivity contribution in [3.05, 3.63) is 123 Å². The Bertz CT molecular complexity index is 1360. The van der Waals surface area contributed by atoms with Gasteiger partial charge in [0.1, 0.15) is 0 Å². The molecule has 36 heavy (non-hydrogen) atoms. The molecule has 4 heteroatoms. The fourth-order valence-electron chi connectivity index (χ4n) is 5.18. The van der Waals surface area contributed by atoms with Gasteiger partial charge in [-0.05, 0) is 61.1 Å². The summed E-state index contributed by atoms with van der Waals surface area (Å²) >= 11 is 6.17. The Morgan fingerprint density at radius 3 is 2.22 bits per heavy atom. The Kier molecular flexibility index (Phi) is 6.68. The predicted molar refractivity (Wildman–Crippen MR) is 147 cm³/mol. The number of rotatable bonds is 5. The van der Waals surface area contributed by atoms with Crippen molar-refractivity contribution >= 4 is 28.9 Å². The van der Waals surface area contributed by atoms with Gasteiger partial charge in [-0.3, -0.25) is 9.59 Å². The van der Waals surface area contributed by atoms with Crippen LogP contribution < -0.4 is 4.90 Å². The van der Waals surface area contributed by atoms with Crippen molar-refractivity contribution < 1.29 is 9.59 Å². The van der Waals surface area contributed by atoms with Gasteiger partial charge in [0.2, 0.25) is 0 Å². The number of benzene rings is 3. The second-order valence-corrected chi connectivity index (χ2v) is 10.5. The summed E-state index contributed by atoms with van der Waals surface area (Å²) in [5, 5.41) is 0.646. The van der Waals surface area contributed by atoms with Gasteiger partial charge in [-0.2, -0.15) is 0 Å². The van der Waals surface area contributed by atoms with Crippen molar-refractivity contribution in [2.75, 3.05) is 4.90 Å². The number of carbonyl (C=O) groups excluding carboxylic acids is 2. The average Bonchev–Trinajstić information content (AvgIpc) is 2.89. The van der Waals surface area contributed by atoms with E-state index in [-0.39, 0.29) is 11.6 Å². The van der Waals surface area contributed by atoms with Crippen LogP contribution in [0.5, 0.6) is 0 Å². The lowest BCUT2D eigenvalue weighted by atomic mass is 9.74. The van der Waals surface area contributed by atoms with Crippen LogP contribution in [0.4, 0.5) is 5.69 Å². The van der Waals surface area contributed by atoms with Crippen LogP contribution in [0.25, 0.3) is 0 Å². The third kappa shape index (κ3) is 4.56. The maximum absolute atomic E-state index is 14.0. The first-order valence-corrected chi connectivity index (χ1v) is 12.9. The Morgan fingerprint density at radius 1 is 0.917 bits per heavy atom. The molecule has 0 N–H and O–H groups in total. The fraction of sp³-hybridized carbons (Fsp3) is 0.250. The standard InChI is InChI=1S/C32H30ClNO2/c1-20(2)22-11-13-23(14-12-22)30-27(32(36)24-9-7-21(3)8-10-24)19-34(26-17-15-25(33)16-18-26)28-5-4-6-29(35)31(28)30/h7-20,30H,4-6H2,1-3H3. The number of nitrogens with zero attached hydrogens (tertiary/aromatic N) is 1. The van der Waals surface area contributed by atoms with Gasteiger partial charge in [0.15, 0.2) is 11.6 Å². The van der Waals surface area contributed by atoms with E-state index in [0.717, 1.165) is 40.9 Å². The summed E-state index contributed by atoms with van der Waals surface area (Å²) in [5.74, 6) is 0.0692. The zero-order chi connectivity index (χ0) is 25.4. The second kappa shape index (κ2) is 9.91. The lowest BCUT2D eigenvalue weighted by Crippen LogP contribution is -2.34. The van der Waals surface area contributed by atoms with E-state index in [1.54, 1.807) is 0 Å². The Balaban J connectivity index is 1.70. The molecule has 1 aliphatic carbocycles. The van der Waals surface area contributed by atoms with Crippen LogP contribution >= 0.6 is 11.6 Å². The molecule has 0 bridgehead atoms. The number of hydrogen-bond acceptors (Lipinski definition) is 3. The summed E-state index contributed by atoms with van der Waals surface area (Å²) in [4.78, 5) is 29.6. The summed E-state index contributed by atoms with van der Waals surface area (Å²) < 4.78 is 0. The molecule has 3 aromatic rings. The highest BCUT2D eigenvalue weighted by molar-refractivity contribution is 6.30. The molecule has 0 saturated heterocycles. The van der Waals surface area contributed by atoms with E-state index < -0.39 is 5.92 Å². The Hall–Kier alpha value is -3.43. The summed E-state index contributed by atoms with van der Waals surface area (Å²) in [7, 11) is 0. The van der Waals surface area contributed by atoms with Gasteiger partial charge in [0.05, 0.1) is 0 Å². The Labute approximate surface area is 218 Å². The van der Waals surface area contributed by atoms with Crippen LogP contribution in [0.1, 0.15) is 72.0 Å². The van der Waals surface area contributed by atoms with Crippen LogP contribution in [0, 0.1) is 6.92 Å². The normalized spacial score (nSPS) is 17.8. The fourth-order valence-corrected chi connectivity index (χ4v) is 5.31. The van der Waals surface area contributed by atoms with Crippen LogP contribution in [0.3, 0.4) is 0 Å². The molecule has 182 valence electrons. The Morgan fingerprint density at radius 2 is 1.58 bits per heavy atom. The van der Waals surface area contributed by atoms with Crippen LogP contribution in [-0.2, 0) is 4.79 Å². The van der Waals surface area contributed by atoms with Crippen molar-refractivity contribution in [3.8, 4) is 0 Å². The van der Waals surface area contributed by atoms with E-state index in [9.17, 15) is 9.59 Å². The molecule has 5 rings (SSSR count). The summed E-state index contributed by atoms with van der Waals surface area (Å²) in [6.07, 6.45) is 4.03. The quantitative estimate of drug-likeness (QED) is 0.335. The minimum Gasteiger partial charge on any atom is -0.320 e. The summed E-state index contributed by atoms with van der Waals surface area (Å²) in [6, 6.07) is 23.6. The van der Waals surface area contributed by atoms with Crippen molar-refractivity contribution in [2.24, 2.45) is 0 Å². The summed E-state index contributed by atoms with van der Waals surface area (Å²) in [5.41, 5.74) is 7.16.